The van der Waals surface area contributed by atoms with E-state index in [0.29, 0.717) is 0 Å². The van der Waals surface area contributed by atoms with Crippen LogP contribution in [0.4, 0.5) is 0 Å². The van der Waals surface area contributed by atoms with E-state index in [2.05, 4.69) is 34.9 Å². The van der Waals surface area contributed by atoms with Crippen LogP contribution in [0.5, 0.6) is 0 Å². The molecule has 0 bridgehead atoms. The lowest BCUT2D eigenvalue weighted by Crippen LogP contribution is -2.22. The average molecular weight is 239 g/mol. The van der Waals surface area contributed by atoms with Gasteiger partial charge in [0.05, 0.1) is 6.04 Å². The molecule has 0 radical (unpaired) electrons. The van der Waals surface area contributed by atoms with Crippen molar-refractivity contribution in [2.45, 2.75) is 45.7 Å². The zero-order chi connectivity index (χ0) is 12.5. The van der Waals surface area contributed by atoms with Gasteiger partial charge in [-0.2, -0.15) is 0 Å². The molecule has 1 aromatic rings. The van der Waals surface area contributed by atoms with Crippen molar-refractivity contribution in [3.8, 4) is 0 Å². The lowest BCUT2D eigenvalue weighted by Gasteiger charge is -2.17. The van der Waals surface area contributed by atoms with E-state index in [1.54, 1.807) is 0 Å². The number of hydrogen-bond acceptors (Lipinski definition) is 3. The van der Waals surface area contributed by atoms with Crippen molar-refractivity contribution in [2.24, 2.45) is 0 Å². The van der Waals surface area contributed by atoms with Crippen molar-refractivity contribution in [3.05, 3.63) is 18.2 Å². The van der Waals surface area contributed by atoms with E-state index in [4.69, 9.17) is 4.74 Å². The summed E-state index contributed by atoms with van der Waals surface area (Å²) in [7, 11) is 1.98. The van der Waals surface area contributed by atoms with Gasteiger partial charge >= 0.3 is 0 Å². The van der Waals surface area contributed by atoms with Gasteiger partial charge < -0.3 is 14.6 Å². The van der Waals surface area contributed by atoms with E-state index in [1.807, 2.05) is 13.2 Å². The molecule has 4 nitrogen and oxygen atoms in total. The smallest absolute Gasteiger partial charge is 0.125 e. The average Bonchev–Trinajstić information content (AvgIpc) is 2.78. The molecule has 1 atom stereocenters. The molecule has 1 heterocycles. The predicted octanol–water partition coefficient (Wildman–Crippen LogP) is 2.37. The van der Waals surface area contributed by atoms with Crippen LogP contribution in [0.25, 0.3) is 0 Å². The van der Waals surface area contributed by atoms with Gasteiger partial charge in [-0.1, -0.05) is 13.8 Å². The van der Waals surface area contributed by atoms with Crippen LogP contribution in [0.1, 0.15) is 45.0 Å². The summed E-state index contributed by atoms with van der Waals surface area (Å²) in [6.07, 6.45) is 7.11. The van der Waals surface area contributed by atoms with Gasteiger partial charge in [-0.15, -0.1) is 0 Å². The van der Waals surface area contributed by atoms with E-state index in [-0.39, 0.29) is 6.04 Å². The Balaban J connectivity index is 2.50. The molecule has 0 aliphatic heterocycles. The van der Waals surface area contributed by atoms with Gasteiger partial charge in [-0.25, -0.2) is 4.98 Å². The Morgan fingerprint density at radius 3 is 2.82 bits per heavy atom. The van der Waals surface area contributed by atoms with Gasteiger partial charge in [0, 0.05) is 32.2 Å². The first kappa shape index (κ1) is 14.2. The van der Waals surface area contributed by atoms with Crippen LogP contribution >= 0.6 is 0 Å². The zero-order valence-electron chi connectivity index (χ0n) is 11.3. The molecule has 1 rings (SSSR count). The Morgan fingerprint density at radius 2 is 2.18 bits per heavy atom. The third kappa shape index (κ3) is 4.48. The number of nitrogens with one attached hydrogen (secondary N) is 1. The Morgan fingerprint density at radius 1 is 1.35 bits per heavy atom. The number of aryl methyl sites for hydroxylation is 1. The molecule has 17 heavy (non-hydrogen) atoms. The van der Waals surface area contributed by atoms with Crippen LogP contribution in [0.15, 0.2) is 12.4 Å². The molecule has 0 amide bonds. The maximum absolute atomic E-state index is 5.54. The second kappa shape index (κ2) is 8.25. The summed E-state index contributed by atoms with van der Waals surface area (Å²) in [6.45, 7) is 6.98. The van der Waals surface area contributed by atoms with Crippen molar-refractivity contribution < 1.29 is 4.74 Å². The summed E-state index contributed by atoms with van der Waals surface area (Å²) in [4.78, 5) is 4.45. The number of ether oxygens (including phenoxy) is 1. The van der Waals surface area contributed by atoms with Gasteiger partial charge in [0.2, 0.25) is 0 Å². The third-order valence-corrected chi connectivity index (χ3v) is 2.77. The molecule has 0 spiro atoms. The monoisotopic (exact) mass is 239 g/mol. The van der Waals surface area contributed by atoms with Crippen LogP contribution < -0.4 is 5.32 Å². The van der Waals surface area contributed by atoms with Crippen molar-refractivity contribution in [3.63, 3.8) is 0 Å². The Kier molecular flexibility index (Phi) is 6.89. The molecule has 1 aromatic heterocycles. The first-order valence-corrected chi connectivity index (χ1v) is 6.59. The summed E-state index contributed by atoms with van der Waals surface area (Å²) >= 11 is 0. The van der Waals surface area contributed by atoms with Gasteiger partial charge in [-0.3, -0.25) is 0 Å². The normalized spacial score (nSPS) is 12.9. The molecule has 0 fully saturated rings. The van der Waals surface area contributed by atoms with Crippen molar-refractivity contribution in [1.82, 2.24) is 14.9 Å². The van der Waals surface area contributed by atoms with Gasteiger partial charge in [0.1, 0.15) is 5.82 Å². The topological polar surface area (TPSA) is 39.1 Å². The molecule has 0 saturated heterocycles. The summed E-state index contributed by atoms with van der Waals surface area (Å²) in [6, 6.07) is 0.286. The highest BCUT2D eigenvalue weighted by Gasteiger charge is 2.14. The Labute approximate surface area is 104 Å². The van der Waals surface area contributed by atoms with Crippen LogP contribution in [0.3, 0.4) is 0 Å². The molecule has 1 N–H and O–H groups in total. The second-order valence-corrected chi connectivity index (χ2v) is 4.22. The Hall–Kier alpha value is -0.870. The lowest BCUT2D eigenvalue weighted by atomic mass is 10.2. The first-order chi connectivity index (χ1) is 8.33. The number of nitrogens with zero attached hydrogens (tertiary/aromatic N) is 2. The molecule has 0 aromatic carbocycles. The first-order valence-electron chi connectivity index (χ1n) is 6.59. The molecule has 98 valence electrons. The molecule has 0 aliphatic rings. The van der Waals surface area contributed by atoms with Crippen LogP contribution in [-0.2, 0) is 11.3 Å². The van der Waals surface area contributed by atoms with Crippen LogP contribution in [0, 0.1) is 0 Å². The summed E-state index contributed by atoms with van der Waals surface area (Å²) < 4.78 is 7.76. The second-order valence-electron chi connectivity index (χ2n) is 4.22. The highest BCUT2D eigenvalue weighted by molar-refractivity contribution is 4.99. The summed E-state index contributed by atoms with van der Waals surface area (Å²) in [5, 5.41) is 3.32. The molecular weight excluding hydrogens is 214 g/mol. The molecular formula is C13H25N3O. The quantitative estimate of drug-likeness (QED) is 0.672. The van der Waals surface area contributed by atoms with E-state index in [1.165, 1.54) is 0 Å². The predicted molar refractivity (Wildman–Crippen MR) is 70.0 cm³/mol. The maximum Gasteiger partial charge on any atom is 0.125 e. The van der Waals surface area contributed by atoms with Gasteiger partial charge in [0.15, 0.2) is 0 Å². The van der Waals surface area contributed by atoms with Gasteiger partial charge in [-0.05, 0) is 26.3 Å². The van der Waals surface area contributed by atoms with E-state index >= 15 is 0 Å². The summed E-state index contributed by atoms with van der Waals surface area (Å²) in [5.41, 5.74) is 0. The van der Waals surface area contributed by atoms with Crippen molar-refractivity contribution in [2.75, 3.05) is 20.3 Å². The number of aromatic nitrogens is 2. The molecule has 1 unspecified atom stereocenters. The van der Waals surface area contributed by atoms with Gasteiger partial charge in [0.25, 0.3) is 0 Å². The third-order valence-electron chi connectivity index (χ3n) is 2.77. The van der Waals surface area contributed by atoms with E-state index in [9.17, 15) is 0 Å². The minimum absolute atomic E-state index is 0.286. The van der Waals surface area contributed by atoms with Crippen molar-refractivity contribution >= 4 is 0 Å². The highest BCUT2D eigenvalue weighted by Crippen LogP contribution is 2.15. The molecule has 0 saturated carbocycles. The number of imidazole rings is 1. The fourth-order valence-corrected chi connectivity index (χ4v) is 1.91. The largest absolute Gasteiger partial charge is 0.381 e. The van der Waals surface area contributed by atoms with E-state index < -0.39 is 0 Å². The fourth-order valence-electron chi connectivity index (χ4n) is 1.91. The highest BCUT2D eigenvalue weighted by atomic mass is 16.5. The van der Waals surface area contributed by atoms with Crippen LogP contribution in [-0.4, -0.2) is 29.8 Å². The lowest BCUT2D eigenvalue weighted by molar-refractivity contribution is 0.124. The summed E-state index contributed by atoms with van der Waals surface area (Å²) in [5.74, 6) is 1.12. The van der Waals surface area contributed by atoms with Crippen molar-refractivity contribution in [1.29, 1.82) is 0 Å². The van der Waals surface area contributed by atoms with Crippen LogP contribution in [0.2, 0.25) is 0 Å². The zero-order valence-corrected chi connectivity index (χ0v) is 11.3. The number of hydrogen-bond donors (Lipinski definition) is 1. The number of rotatable bonds is 9. The maximum atomic E-state index is 5.54. The SMILES string of the molecule is CCCOCCC(NC)c1nccn1CCC. The Bertz CT molecular complexity index is 299. The fraction of sp³-hybridized carbons (Fsp3) is 0.769. The minimum atomic E-state index is 0.286. The minimum Gasteiger partial charge on any atom is -0.381 e. The molecule has 0 aliphatic carbocycles. The standard InChI is InChI=1S/C13H25N3O/c1-4-8-16-9-7-15-13(16)12(14-3)6-11-17-10-5-2/h7,9,12,14H,4-6,8,10-11H2,1-3H3. The molecule has 4 heteroatoms. The van der Waals surface area contributed by atoms with E-state index in [0.717, 1.165) is 44.8 Å².